The van der Waals surface area contributed by atoms with E-state index < -0.39 is 17.5 Å². The summed E-state index contributed by atoms with van der Waals surface area (Å²) < 4.78 is 28.9. The highest BCUT2D eigenvalue weighted by Crippen LogP contribution is 2.30. The molecule has 1 N–H and O–H groups in total. The van der Waals surface area contributed by atoms with Crippen LogP contribution in [-0.2, 0) is 4.79 Å². The SMILES string of the molecule is CC(C)n1c(SCC(=O)Nc2ccc(F)cc2F)nc2nc(N3CCCC3)sc2c1=O. The van der Waals surface area contributed by atoms with Gasteiger partial charge in [0.15, 0.2) is 15.9 Å². The Hall–Kier alpha value is -2.53. The van der Waals surface area contributed by atoms with Crippen LogP contribution in [0.3, 0.4) is 0 Å². The van der Waals surface area contributed by atoms with Crippen LogP contribution in [0.15, 0.2) is 28.2 Å². The van der Waals surface area contributed by atoms with Gasteiger partial charge in [-0.25, -0.2) is 13.8 Å². The summed E-state index contributed by atoms with van der Waals surface area (Å²) in [7, 11) is 0. The predicted octanol–water partition coefficient (Wildman–Crippen LogP) is 4.04. The van der Waals surface area contributed by atoms with Crippen LogP contribution in [0, 0.1) is 11.6 Å². The third-order valence-corrected chi connectivity index (χ3v) is 6.90. The summed E-state index contributed by atoms with van der Waals surface area (Å²) in [6.07, 6.45) is 2.20. The number of anilines is 2. The highest BCUT2D eigenvalue weighted by molar-refractivity contribution is 7.99. The number of carbonyl (C=O) groups is 1. The maximum Gasteiger partial charge on any atom is 0.274 e. The second kappa shape index (κ2) is 8.91. The molecular formula is C20H21F2N5O2S2. The standard InChI is InChI=1S/C20H21F2N5O2S2/c1-11(2)27-18(29)16-17(24-19(31-16)26-7-3-4-8-26)25-20(27)30-10-15(28)23-14-6-5-12(21)9-13(14)22/h5-6,9,11H,3-4,7-8,10H2,1-2H3,(H,23,28). The van der Waals surface area contributed by atoms with E-state index in [1.165, 1.54) is 11.3 Å². The van der Waals surface area contributed by atoms with Gasteiger partial charge in [-0.1, -0.05) is 23.1 Å². The van der Waals surface area contributed by atoms with Gasteiger partial charge in [0.25, 0.3) is 5.56 Å². The number of hydrogen-bond acceptors (Lipinski definition) is 7. The zero-order valence-electron chi connectivity index (χ0n) is 17.0. The van der Waals surface area contributed by atoms with Crippen molar-refractivity contribution in [1.82, 2.24) is 14.5 Å². The summed E-state index contributed by atoms with van der Waals surface area (Å²) in [5.74, 6) is -2.16. The molecule has 3 heterocycles. The quantitative estimate of drug-likeness (QED) is 0.437. The molecule has 0 aliphatic carbocycles. The first kappa shape index (κ1) is 21.7. The Labute approximate surface area is 185 Å². The van der Waals surface area contributed by atoms with Gasteiger partial charge in [0, 0.05) is 25.2 Å². The van der Waals surface area contributed by atoms with Crippen molar-refractivity contribution in [1.29, 1.82) is 0 Å². The smallest absolute Gasteiger partial charge is 0.274 e. The van der Waals surface area contributed by atoms with E-state index in [2.05, 4.69) is 20.2 Å². The van der Waals surface area contributed by atoms with E-state index in [0.717, 1.165) is 55.0 Å². The maximum absolute atomic E-state index is 13.8. The minimum Gasteiger partial charge on any atom is -0.348 e. The number of benzene rings is 1. The molecule has 31 heavy (non-hydrogen) atoms. The average Bonchev–Trinajstić information content (AvgIpc) is 3.38. The summed E-state index contributed by atoms with van der Waals surface area (Å²) >= 11 is 2.43. The van der Waals surface area contributed by atoms with Gasteiger partial charge in [-0.2, -0.15) is 4.98 Å². The first-order chi connectivity index (χ1) is 14.8. The highest BCUT2D eigenvalue weighted by Gasteiger charge is 2.22. The Morgan fingerprint density at radius 1 is 1.26 bits per heavy atom. The number of amides is 1. The average molecular weight is 466 g/mol. The molecule has 3 aromatic rings. The van der Waals surface area contributed by atoms with Gasteiger partial charge >= 0.3 is 0 Å². The minimum absolute atomic E-state index is 0.0927. The largest absolute Gasteiger partial charge is 0.348 e. The van der Waals surface area contributed by atoms with Crippen LogP contribution in [0.25, 0.3) is 10.3 Å². The molecule has 0 radical (unpaired) electrons. The third kappa shape index (κ3) is 4.57. The first-order valence-electron chi connectivity index (χ1n) is 9.89. The lowest BCUT2D eigenvalue weighted by Crippen LogP contribution is -2.25. The molecule has 0 unspecified atom stereocenters. The maximum atomic E-state index is 13.8. The van der Waals surface area contributed by atoms with Gasteiger partial charge in [0.05, 0.1) is 11.4 Å². The van der Waals surface area contributed by atoms with Crippen molar-refractivity contribution in [2.24, 2.45) is 0 Å². The Morgan fingerprint density at radius 3 is 2.68 bits per heavy atom. The number of aromatic nitrogens is 3. The molecule has 0 atom stereocenters. The fourth-order valence-corrected chi connectivity index (χ4v) is 5.28. The normalized spacial score (nSPS) is 14.0. The molecule has 1 saturated heterocycles. The van der Waals surface area contributed by atoms with E-state index in [-0.39, 0.29) is 23.0 Å². The molecule has 11 heteroatoms. The van der Waals surface area contributed by atoms with Crippen molar-refractivity contribution < 1.29 is 13.6 Å². The zero-order valence-corrected chi connectivity index (χ0v) is 18.7. The molecular weight excluding hydrogens is 444 g/mol. The van der Waals surface area contributed by atoms with E-state index in [4.69, 9.17) is 0 Å². The van der Waals surface area contributed by atoms with Crippen LogP contribution < -0.4 is 15.8 Å². The fraction of sp³-hybridized carbons (Fsp3) is 0.400. The Kier molecular flexibility index (Phi) is 6.24. The summed E-state index contributed by atoms with van der Waals surface area (Å²) in [5, 5.41) is 3.58. The van der Waals surface area contributed by atoms with Crippen LogP contribution in [0.4, 0.5) is 19.6 Å². The number of halogens is 2. The molecule has 164 valence electrons. The number of thioether (sulfide) groups is 1. The molecule has 1 aromatic carbocycles. The Morgan fingerprint density at radius 2 is 2.00 bits per heavy atom. The lowest BCUT2D eigenvalue weighted by molar-refractivity contribution is -0.113. The molecule has 0 saturated carbocycles. The van der Waals surface area contributed by atoms with E-state index in [0.29, 0.717) is 21.6 Å². The number of fused-ring (bicyclic) bond motifs is 1. The van der Waals surface area contributed by atoms with Crippen LogP contribution >= 0.6 is 23.1 Å². The Bertz CT molecular complexity index is 1190. The van der Waals surface area contributed by atoms with Crippen molar-refractivity contribution in [3.8, 4) is 0 Å². The van der Waals surface area contributed by atoms with Crippen molar-refractivity contribution in [3.63, 3.8) is 0 Å². The molecule has 2 aromatic heterocycles. The highest BCUT2D eigenvalue weighted by atomic mass is 32.2. The summed E-state index contributed by atoms with van der Waals surface area (Å²) in [6, 6.07) is 2.77. The van der Waals surface area contributed by atoms with Gasteiger partial charge < -0.3 is 10.2 Å². The predicted molar refractivity (Wildman–Crippen MR) is 119 cm³/mol. The van der Waals surface area contributed by atoms with Gasteiger partial charge in [0.1, 0.15) is 16.3 Å². The fourth-order valence-electron chi connectivity index (χ4n) is 3.37. The monoisotopic (exact) mass is 465 g/mol. The summed E-state index contributed by atoms with van der Waals surface area (Å²) in [4.78, 5) is 36.7. The Balaban J connectivity index is 1.57. The number of nitrogens with zero attached hydrogens (tertiary/aromatic N) is 4. The van der Waals surface area contributed by atoms with Crippen LogP contribution in [-0.4, -0.2) is 39.3 Å². The molecule has 0 bridgehead atoms. The molecule has 1 aliphatic heterocycles. The first-order valence-corrected chi connectivity index (χ1v) is 11.7. The molecule has 1 aliphatic rings. The minimum atomic E-state index is -0.853. The topological polar surface area (TPSA) is 80.1 Å². The molecule has 4 rings (SSSR count). The summed E-state index contributed by atoms with van der Waals surface area (Å²) in [6.45, 7) is 5.57. The lowest BCUT2D eigenvalue weighted by Gasteiger charge is -2.14. The third-order valence-electron chi connectivity index (χ3n) is 4.85. The van der Waals surface area contributed by atoms with Crippen LogP contribution in [0.5, 0.6) is 0 Å². The van der Waals surface area contributed by atoms with Gasteiger partial charge in [-0.3, -0.25) is 14.2 Å². The van der Waals surface area contributed by atoms with E-state index >= 15 is 0 Å². The summed E-state index contributed by atoms with van der Waals surface area (Å²) in [5.41, 5.74) is 0.0862. The molecule has 1 fully saturated rings. The number of hydrogen-bond donors (Lipinski definition) is 1. The van der Waals surface area contributed by atoms with E-state index in [9.17, 15) is 18.4 Å². The van der Waals surface area contributed by atoms with Gasteiger partial charge in [-0.15, -0.1) is 0 Å². The van der Waals surface area contributed by atoms with E-state index in [1.807, 2.05) is 13.8 Å². The van der Waals surface area contributed by atoms with Crippen molar-refractivity contribution in [3.05, 3.63) is 40.2 Å². The zero-order chi connectivity index (χ0) is 22.1. The van der Waals surface area contributed by atoms with Gasteiger partial charge in [0.2, 0.25) is 5.91 Å². The second-order valence-corrected chi connectivity index (χ2v) is 9.39. The van der Waals surface area contributed by atoms with Crippen molar-refractivity contribution >= 4 is 50.2 Å². The molecule has 0 spiro atoms. The molecule has 7 nitrogen and oxygen atoms in total. The number of carbonyl (C=O) groups excluding carboxylic acids is 1. The van der Waals surface area contributed by atoms with Gasteiger partial charge in [-0.05, 0) is 38.8 Å². The number of rotatable bonds is 6. The van der Waals surface area contributed by atoms with E-state index in [1.54, 1.807) is 4.57 Å². The van der Waals surface area contributed by atoms with Crippen LogP contribution in [0.1, 0.15) is 32.7 Å². The number of thiazole rings is 1. The molecule has 1 amide bonds. The number of nitrogens with one attached hydrogen (secondary N) is 1. The van der Waals surface area contributed by atoms with Crippen molar-refractivity contribution in [2.45, 2.75) is 37.9 Å². The van der Waals surface area contributed by atoms with Crippen LogP contribution in [0.2, 0.25) is 0 Å². The lowest BCUT2D eigenvalue weighted by atomic mass is 10.3. The second-order valence-electron chi connectivity index (χ2n) is 7.47. The van der Waals surface area contributed by atoms with Crippen molar-refractivity contribution in [2.75, 3.05) is 29.1 Å².